The Morgan fingerprint density at radius 3 is 2.18 bits per heavy atom. The van der Waals surface area contributed by atoms with E-state index in [0.29, 0.717) is 51.1 Å². The molecule has 0 unspecified atom stereocenters. The van der Waals surface area contributed by atoms with Gasteiger partial charge in [-0.1, -0.05) is 27.4 Å². The standard InChI is InChI=1S/C45H85N3O12/c1-18-34-45(12,51)39(52-16)31(8)48(15)25-27(4)23-43(10,50)38(60-42-37(55-26(2)3)33(47(13)14)22-28(5)56-42)29(6)36(30(7)41(49)58-34)59-35-24-44(11,53-17)40(32(9)57-35)54-21-19-20-46/h27-40,42,50-51H,2,18-25,46H2,1,3-17H3/t27-,28-,29+,30-,31-,32+,33+,34-,35+,36+,37-,38-,39-,40+,42+,43-,44-,45-/m1/s1. The van der Waals surface area contributed by atoms with E-state index in [1.165, 1.54) is 0 Å². The highest BCUT2D eigenvalue weighted by molar-refractivity contribution is 5.73. The first-order valence-electron chi connectivity index (χ1n) is 22.2. The molecule has 0 amide bonds. The van der Waals surface area contributed by atoms with Crippen LogP contribution in [0, 0.1) is 17.8 Å². The van der Waals surface area contributed by atoms with Crippen molar-refractivity contribution in [1.29, 1.82) is 0 Å². The summed E-state index contributed by atoms with van der Waals surface area (Å²) in [6.07, 6.45) is -4.69. The molecule has 3 heterocycles. The Bertz CT molecular complexity index is 1340. The molecule has 3 aliphatic rings. The van der Waals surface area contributed by atoms with Crippen LogP contribution < -0.4 is 5.73 Å². The Morgan fingerprint density at radius 2 is 1.63 bits per heavy atom. The van der Waals surface area contributed by atoms with Gasteiger partial charge >= 0.3 is 5.97 Å². The number of hydrogen-bond acceptors (Lipinski definition) is 15. The average Bonchev–Trinajstić information content (AvgIpc) is 3.15. The van der Waals surface area contributed by atoms with Gasteiger partial charge in [0.2, 0.25) is 0 Å². The zero-order valence-electron chi connectivity index (χ0n) is 40.0. The normalized spacial score (nSPS) is 44.5. The van der Waals surface area contributed by atoms with Crippen molar-refractivity contribution in [3.63, 3.8) is 0 Å². The number of carbonyl (C=O) groups excluding carboxylic acids is 1. The minimum absolute atomic E-state index is 0.0701. The van der Waals surface area contributed by atoms with Crippen LogP contribution in [0.5, 0.6) is 0 Å². The summed E-state index contributed by atoms with van der Waals surface area (Å²) >= 11 is 0. The third kappa shape index (κ3) is 12.8. The average molecular weight is 860 g/mol. The molecule has 0 spiro atoms. The molecule has 15 nitrogen and oxygen atoms in total. The number of methoxy groups -OCH3 is 2. The Morgan fingerprint density at radius 1 is 0.983 bits per heavy atom. The highest BCUT2D eigenvalue weighted by Gasteiger charge is 2.53. The van der Waals surface area contributed by atoms with Gasteiger partial charge in [-0.3, -0.25) is 4.79 Å². The highest BCUT2D eigenvalue weighted by Crippen LogP contribution is 2.41. The van der Waals surface area contributed by atoms with E-state index in [-0.39, 0.29) is 30.5 Å². The van der Waals surface area contributed by atoms with Gasteiger partial charge in [-0.2, -0.15) is 0 Å². The molecular formula is C45H85N3O12. The summed E-state index contributed by atoms with van der Waals surface area (Å²) < 4.78 is 58.2. The first kappa shape index (κ1) is 52.9. The van der Waals surface area contributed by atoms with Gasteiger partial charge in [-0.25, -0.2) is 0 Å². The van der Waals surface area contributed by atoms with Crippen LogP contribution >= 0.6 is 0 Å². The monoisotopic (exact) mass is 860 g/mol. The van der Waals surface area contributed by atoms with Crippen LogP contribution in [-0.4, -0.2) is 171 Å². The number of aliphatic hydroxyl groups is 2. The van der Waals surface area contributed by atoms with Crippen LogP contribution in [0.25, 0.3) is 0 Å². The van der Waals surface area contributed by atoms with Crippen molar-refractivity contribution >= 4 is 5.97 Å². The molecule has 3 fully saturated rings. The molecule has 0 aromatic carbocycles. The molecule has 18 atom stereocenters. The third-order valence-corrected chi connectivity index (χ3v) is 13.3. The first-order valence-corrected chi connectivity index (χ1v) is 22.2. The van der Waals surface area contributed by atoms with Crippen LogP contribution in [0.2, 0.25) is 0 Å². The fourth-order valence-corrected chi connectivity index (χ4v) is 10.1. The summed E-state index contributed by atoms with van der Waals surface area (Å²) in [6.45, 7) is 26.3. The lowest BCUT2D eigenvalue weighted by Crippen LogP contribution is -2.61. The SMILES string of the molecule is C=C(C)O[C@H]1[C@H](O[C@@H]2[C@@H](C)[C@H](O[C@H]3C[C@@](C)(OC)[C@@H](OCCCN)[C@H](C)O3)[C@@H](C)C(=O)O[C@H](CC)[C@@](C)(O)[C@H](OC)[C@@H](C)N(C)C[C@H](C)C[C@@]2(C)O)O[C@H](C)C[C@@H]1N(C)C. The lowest BCUT2D eigenvalue weighted by atomic mass is 9.77. The Labute approximate surface area is 362 Å². The number of nitrogens with two attached hydrogens (primary N) is 1. The molecule has 4 N–H and O–H groups in total. The number of likely N-dealkylation sites (N-methyl/N-ethyl adjacent to an activating group) is 2. The Balaban J connectivity index is 2.23. The van der Waals surface area contributed by atoms with E-state index < -0.39 is 89.9 Å². The summed E-state index contributed by atoms with van der Waals surface area (Å²) in [7, 11) is 9.16. The fraction of sp³-hybridized carbons (Fsp3) is 0.933. The smallest absolute Gasteiger partial charge is 0.311 e. The lowest BCUT2D eigenvalue weighted by molar-refractivity contribution is -0.321. The fourth-order valence-electron chi connectivity index (χ4n) is 10.1. The van der Waals surface area contributed by atoms with E-state index in [4.69, 9.17) is 48.4 Å². The van der Waals surface area contributed by atoms with Crippen LogP contribution in [-0.2, 0) is 47.4 Å². The molecule has 0 bridgehead atoms. The summed E-state index contributed by atoms with van der Waals surface area (Å²) in [4.78, 5) is 18.8. The van der Waals surface area contributed by atoms with Gasteiger partial charge in [0, 0.05) is 45.8 Å². The molecule has 0 aromatic heterocycles. The van der Waals surface area contributed by atoms with E-state index >= 15 is 0 Å². The van der Waals surface area contributed by atoms with E-state index in [2.05, 4.69) is 23.3 Å². The van der Waals surface area contributed by atoms with Gasteiger partial charge in [0.1, 0.15) is 23.9 Å². The second kappa shape index (κ2) is 22.4. The van der Waals surface area contributed by atoms with Crippen molar-refractivity contribution in [3.8, 4) is 0 Å². The van der Waals surface area contributed by atoms with Crippen molar-refractivity contribution in [2.75, 3.05) is 55.1 Å². The van der Waals surface area contributed by atoms with E-state index in [1.54, 1.807) is 41.9 Å². The van der Waals surface area contributed by atoms with E-state index in [1.807, 2.05) is 62.7 Å². The molecule has 60 heavy (non-hydrogen) atoms. The lowest BCUT2D eigenvalue weighted by Gasteiger charge is -2.50. The number of ether oxygens (including phenoxy) is 9. The molecule has 0 saturated carbocycles. The highest BCUT2D eigenvalue weighted by atomic mass is 16.7. The Kier molecular flexibility index (Phi) is 19.8. The van der Waals surface area contributed by atoms with E-state index in [0.717, 1.165) is 0 Å². The number of allylic oxidation sites excluding steroid dienone is 1. The molecule has 0 aliphatic carbocycles. The largest absolute Gasteiger partial charge is 0.489 e. The van der Waals surface area contributed by atoms with E-state index in [9.17, 15) is 15.0 Å². The van der Waals surface area contributed by atoms with Crippen LogP contribution in [0.15, 0.2) is 12.3 Å². The van der Waals surface area contributed by atoms with Gasteiger partial charge in [0.05, 0.1) is 53.3 Å². The molecule has 0 aromatic rings. The molecule has 0 radical (unpaired) electrons. The number of hydrogen-bond donors (Lipinski definition) is 3. The summed E-state index contributed by atoms with van der Waals surface area (Å²) in [6, 6.07) is -0.386. The van der Waals surface area contributed by atoms with Crippen molar-refractivity contribution in [3.05, 3.63) is 12.3 Å². The second-order valence-corrected chi connectivity index (χ2v) is 19.2. The van der Waals surface area contributed by atoms with Gasteiger partial charge in [0.15, 0.2) is 18.7 Å². The summed E-state index contributed by atoms with van der Waals surface area (Å²) in [5, 5.41) is 25.1. The number of nitrogens with zero attached hydrogens (tertiary/aromatic N) is 2. The van der Waals surface area contributed by atoms with Crippen molar-refractivity contribution < 1.29 is 57.6 Å². The zero-order chi connectivity index (χ0) is 45.5. The Hall–Kier alpha value is -1.47. The van der Waals surface area contributed by atoms with Crippen LogP contribution in [0.4, 0.5) is 0 Å². The molecular weight excluding hydrogens is 775 g/mol. The second-order valence-electron chi connectivity index (χ2n) is 19.2. The minimum atomic E-state index is -1.56. The molecule has 15 heteroatoms. The summed E-state index contributed by atoms with van der Waals surface area (Å²) in [5.74, 6) is -1.77. The van der Waals surface area contributed by atoms with Crippen molar-refractivity contribution in [2.24, 2.45) is 23.5 Å². The zero-order valence-corrected chi connectivity index (χ0v) is 40.0. The molecule has 352 valence electrons. The topological polar surface area (TPSA) is 173 Å². The van der Waals surface area contributed by atoms with Crippen LogP contribution in [0.3, 0.4) is 0 Å². The predicted octanol–water partition coefficient (Wildman–Crippen LogP) is 4.49. The van der Waals surface area contributed by atoms with Gasteiger partial charge in [-0.15, -0.1) is 0 Å². The van der Waals surface area contributed by atoms with Gasteiger partial charge < -0.3 is 68.4 Å². The maximum Gasteiger partial charge on any atom is 0.311 e. The number of rotatable bonds is 14. The maximum absolute atomic E-state index is 14.6. The minimum Gasteiger partial charge on any atom is -0.489 e. The van der Waals surface area contributed by atoms with Crippen molar-refractivity contribution in [2.45, 2.75) is 199 Å². The molecule has 3 saturated heterocycles. The number of esters is 1. The maximum atomic E-state index is 14.6. The van der Waals surface area contributed by atoms with Gasteiger partial charge in [0.25, 0.3) is 0 Å². The van der Waals surface area contributed by atoms with Gasteiger partial charge in [-0.05, 0) is 115 Å². The number of carbonyl (C=O) groups is 1. The quantitative estimate of drug-likeness (QED) is 0.127. The summed E-state index contributed by atoms with van der Waals surface area (Å²) in [5.41, 5.74) is 1.89. The van der Waals surface area contributed by atoms with Crippen molar-refractivity contribution in [1.82, 2.24) is 9.80 Å². The predicted molar refractivity (Wildman–Crippen MR) is 230 cm³/mol. The molecule has 3 rings (SSSR count). The first-order chi connectivity index (χ1) is 27.9. The molecule has 3 aliphatic heterocycles. The van der Waals surface area contributed by atoms with Crippen LogP contribution in [0.1, 0.15) is 108 Å². The number of cyclic esters (lactones) is 1. The third-order valence-electron chi connectivity index (χ3n) is 13.3.